The highest BCUT2D eigenvalue weighted by atomic mass is 79.9. The standard InChI is InChI=1S/C23H20BrN3O4S/c1-26(32(30,31)19-11-9-18(24)10-12-19)14-16-5-4-6-17(13-16)23(29)27-15-22(28)25-20-7-2-3-8-21(20)27/h2-13H,14-15H2,1H3,(H,25,28). The zero-order valence-electron chi connectivity index (χ0n) is 17.2. The molecule has 0 fully saturated rings. The minimum absolute atomic E-state index is 0.0854. The van der Waals surface area contributed by atoms with Crippen molar-refractivity contribution in [2.75, 3.05) is 23.8 Å². The SMILES string of the molecule is CN(Cc1cccc(C(=O)N2CC(=O)Nc3ccccc32)c1)S(=O)(=O)c1ccc(Br)cc1. The normalized spacial score (nSPS) is 13.6. The number of hydrogen-bond donors (Lipinski definition) is 1. The van der Waals surface area contributed by atoms with Crippen LogP contribution in [0.4, 0.5) is 11.4 Å². The predicted octanol–water partition coefficient (Wildman–Crippen LogP) is 3.87. The van der Waals surface area contributed by atoms with Gasteiger partial charge in [0, 0.05) is 23.6 Å². The molecule has 3 aromatic rings. The molecule has 0 bridgehead atoms. The Labute approximate surface area is 194 Å². The van der Waals surface area contributed by atoms with Crippen LogP contribution in [-0.4, -0.2) is 38.1 Å². The van der Waals surface area contributed by atoms with E-state index in [1.165, 1.54) is 28.4 Å². The molecule has 0 unspecified atom stereocenters. The lowest BCUT2D eigenvalue weighted by Crippen LogP contribution is -2.42. The molecule has 3 aromatic carbocycles. The van der Waals surface area contributed by atoms with Crippen molar-refractivity contribution in [3.63, 3.8) is 0 Å². The first-order valence-electron chi connectivity index (χ1n) is 9.77. The molecule has 1 aliphatic rings. The Morgan fingerprint density at radius 3 is 2.53 bits per heavy atom. The molecule has 0 aliphatic carbocycles. The fraction of sp³-hybridized carbons (Fsp3) is 0.130. The van der Waals surface area contributed by atoms with Gasteiger partial charge in [-0.15, -0.1) is 0 Å². The third kappa shape index (κ3) is 4.45. The van der Waals surface area contributed by atoms with Crippen LogP contribution in [0.2, 0.25) is 0 Å². The summed E-state index contributed by atoms with van der Waals surface area (Å²) >= 11 is 3.30. The molecule has 164 valence electrons. The first kappa shape index (κ1) is 22.2. The summed E-state index contributed by atoms with van der Waals surface area (Å²) in [5.41, 5.74) is 2.24. The van der Waals surface area contributed by atoms with E-state index in [1.54, 1.807) is 60.7 Å². The summed E-state index contributed by atoms with van der Waals surface area (Å²) in [6.45, 7) is 0.00845. The molecule has 0 saturated heterocycles. The molecular formula is C23H20BrN3O4S. The second-order valence-corrected chi connectivity index (χ2v) is 10.3. The van der Waals surface area contributed by atoms with E-state index in [1.807, 2.05) is 0 Å². The number of carbonyl (C=O) groups is 2. The van der Waals surface area contributed by atoms with Gasteiger partial charge in [0.15, 0.2) is 0 Å². The molecule has 0 radical (unpaired) electrons. The van der Waals surface area contributed by atoms with Crippen molar-refractivity contribution in [3.05, 3.63) is 88.4 Å². The minimum atomic E-state index is -3.69. The zero-order chi connectivity index (χ0) is 22.9. The zero-order valence-corrected chi connectivity index (χ0v) is 19.6. The first-order chi connectivity index (χ1) is 15.3. The summed E-state index contributed by atoms with van der Waals surface area (Å²) in [7, 11) is -2.19. The van der Waals surface area contributed by atoms with Crippen LogP contribution in [0.5, 0.6) is 0 Å². The largest absolute Gasteiger partial charge is 0.323 e. The average molecular weight is 514 g/mol. The number of anilines is 2. The van der Waals surface area contributed by atoms with Gasteiger partial charge in [0.25, 0.3) is 5.91 Å². The Morgan fingerprint density at radius 1 is 1.06 bits per heavy atom. The number of amides is 2. The van der Waals surface area contributed by atoms with Crippen LogP contribution in [0.3, 0.4) is 0 Å². The molecule has 2 amide bonds. The molecule has 9 heteroatoms. The third-order valence-corrected chi connectivity index (χ3v) is 7.46. The smallest absolute Gasteiger partial charge is 0.258 e. The van der Waals surface area contributed by atoms with Gasteiger partial charge in [0.05, 0.1) is 16.3 Å². The summed E-state index contributed by atoms with van der Waals surface area (Å²) in [5, 5.41) is 2.76. The second kappa shape index (κ2) is 8.85. The van der Waals surface area contributed by atoms with Gasteiger partial charge in [-0.25, -0.2) is 8.42 Å². The maximum atomic E-state index is 13.2. The summed E-state index contributed by atoms with van der Waals surface area (Å²) in [6, 6.07) is 20.3. The molecule has 0 saturated carbocycles. The number of nitrogens with zero attached hydrogens (tertiary/aromatic N) is 2. The lowest BCUT2D eigenvalue weighted by atomic mass is 10.1. The maximum absolute atomic E-state index is 13.2. The van der Waals surface area contributed by atoms with Crippen LogP contribution in [0.25, 0.3) is 0 Å². The van der Waals surface area contributed by atoms with Gasteiger partial charge >= 0.3 is 0 Å². The van der Waals surface area contributed by atoms with E-state index in [9.17, 15) is 18.0 Å². The summed E-state index contributed by atoms with van der Waals surface area (Å²) in [5.74, 6) is -0.596. The minimum Gasteiger partial charge on any atom is -0.323 e. The Kier molecular flexibility index (Phi) is 6.14. The van der Waals surface area contributed by atoms with E-state index in [-0.39, 0.29) is 29.8 Å². The van der Waals surface area contributed by atoms with Crippen molar-refractivity contribution in [3.8, 4) is 0 Å². The third-order valence-electron chi connectivity index (χ3n) is 5.12. The molecule has 1 N–H and O–H groups in total. The van der Waals surface area contributed by atoms with Crippen LogP contribution < -0.4 is 10.2 Å². The van der Waals surface area contributed by atoms with Gasteiger partial charge < -0.3 is 5.32 Å². The van der Waals surface area contributed by atoms with Gasteiger partial charge in [0.1, 0.15) is 6.54 Å². The molecule has 1 aliphatic heterocycles. The van der Waals surface area contributed by atoms with Crippen molar-refractivity contribution in [1.82, 2.24) is 4.31 Å². The Morgan fingerprint density at radius 2 is 1.78 bits per heavy atom. The molecule has 0 atom stereocenters. The number of benzene rings is 3. The number of halogens is 1. The van der Waals surface area contributed by atoms with Gasteiger partial charge in [0.2, 0.25) is 15.9 Å². The average Bonchev–Trinajstić information content (AvgIpc) is 2.78. The fourth-order valence-electron chi connectivity index (χ4n) is 3.50. The van der Waals surface area contributed by atoms with Crippen molar-refractivity contribution < 1.29 is 18.0 Å². The first-order valence-corrected chi connectivity index (χ1v) is 12.0. The summed E-state index contributed by atoms with van der Waals surface area (Å²) in [4.78, 5) is 26.9. The van der Waals surface area contributed by atoms with E-state index in [4.69, 9.17) is 0 Å². The number of carbonyl (C=O) groups excluding carboxylic acids is 2. The van der Waals surface area contributed by atoms with Crippen LogP contribution in [0.1, 0.15) is 15.9 Å². The van der Waals surface area contributed by atoms with Crippen molar-refractivity contribution in [2.24, 2.45) is 0 Å². The van der Waals surface area contributed by atoms with Crippen LogP contribution >= 0.6 is 15.9 Å². The van der Waals surface area contributed by atoms with Crippen LogP contribution in [0.15, 0.2) is 82.2 Å². The lowest BCUT2D eigenvalue weighted by molar-refractivity contribution is -0.115. The monoisotopic (exact) mass is 513 g/mol. The van der Waals surface area contributed by atoms with Crippen LogP contribution in [-0.2, 0) is 21.4 Å². The molecule has 0 spiro atoms. The molecular weight excluding hydrogens is 494 g/mol. The number of rotatable bonds is 5. The number of sulfonamides is 1. The molecule has 1 heterocycles. The van der Waals surface area contributed by atoms with E-state index in [0.29, 0.717) is 22.5 Å². The molecule has 0 aromatic heterocycles. The highest BCUT2D eigenvalue weighted by Gasteiger charge is 2.28. The predicted molar refractivity (Wildman–Crippen MR) is 126 cm³/mol. The van der Waals surface area contributed by atoms with Gasteiger partial charge in [-0.2, -0.15) is 4.31 Å². The fourth-order valence-corrected chi connectivity index (χ4v) is 4.92. The van der Waals surface area contributed by atoms with Gasteiger partial charge in [-0.1, -0.05) is 40.2 Å². The highest BCUT2D eigenvalue weighted by molar-refractivity contribution is 9.10. The van der Waals surface area contributed by atoms with Crippen LogP contribution in [0, 0.1) is 0 Å². The lowest BCUT2D eigenvalue weighted by Gasteiger charge is -2.29. The second-order valence-electron chi connectivity index (χ2n) is 7.37. The van der Waals surface area contributed by atoms with Crippen molar-refractivity contribution in [1.29, 1.82) is 0 Å². The quantitative estimate of drug-likeness (QED) is 0.560. The number of fused-ring (bicyclic) bond motifs is 1. The van der Waals surface area contributed by atoms with Gasteiger partial charge in [-0.3, -0.25) is 14.5 Å². The Balaban J connectivity index is 1.57. The van der Waals surface area contributed by atoms with E-state index >= 15 is 0 Å². The number of nitrogens with one attached hydrogen (secondary N) is 1. The summed E-state index contributed by atoms with van der Waals surface area (Å²) in [6.07, 6.45) is 0. The van der Waals surface area contributed by atoms with E-state index in [0.717, 1.165) is 4.47 Å². The van der Waals surface area contributed by atoms with Crippen molar-refractivity contribution in [2.45, 2.75) is 11.4 Å². The number of hydrogen-bond acceptors (Lipinski definition) is 4. The maximum Gasteiger partial charge on any atom is 0.258 e. The van der Waals surface area contributed by atoms with E-state index in [2.05, 4.69) is 21.2 Å². The van der Waals surface area contributed by atoms with Gasteiger partial charge in [-0.05, 0) is 54.1 Å². The molecule has 4 rings (SSSR count). The topological polar surface area (TPSA) is 86.8 Å². The highest BCUT2D eigenvalue weighted by Crippen LogP contribution is 2.30. The summed E-state index contributed by atoms with van der Waals surface area (Å²) < 4.78 is 27.8. The molecule has 7 nitrogen and oxygen atoms in total. The molecule has 32 heavy (non-hydrogen) atoms. The van der Waals surface area contributed by atoms with E-state index < -0.39 is 10.0 Å². The van der Waals surface area contributed by atoms with Crippen molar-refractivity contribution >= 4 is 49.1 Å². The Bertz CT molecular complexity index is 1290. The Hall–Kier alpha value is -3.01. The number of para-hydroxylation sites is 2.